The smallest absolute Gasteiger partial charge is 0.259 e. The van der Waals surface area contributed by atoms with Crippen LogP contribution in [0, 0.1) is 6.57 Å². The van der Waals surface area contributed by atoms with Crippen LogP contribution in [0.2, 0.25) is 5.02 Å². The van der Waals surface area contributed by atoms with Crippen LogP contribution in [0.3, 0.4) is 0 Å². The average molecular weight is 337 g/mol. The van der Waals surface area contributed by atoms with Crippen molar-refractivity contribution in [2.75, 3.05) is 4.90 Å². The summed E-state index contributed by atoms with van der Waals surface area (Å²) >= 11 is 6.33. The maximum Gasteiger partial charge on any atom is 0.259 e. The van der Waals surface area contributed by atoms with Crippen LogP contribution in [-0.4, -0.2) is 10.9 Å². The van der Waals surface area contributed by atoms with Crippen molar-refractivity contribution in [2.45, 2.75) is 18.8 Å². The predicted octanol–water partition coefficient (Wildman–Crippen LogP) is 4.52. The zero-order valence-electron chi connectivity index (χ0n) is 12.7. The highest BCUT2D eigenvalue weighted by Gasteiger charge is 2.34. The first-order chi connectivity index (χ1) is 11.6. The van der Waals surface area contributed by atoms with Crippen LogP contribution >= 0.6 is 11.6 Å². The number of aromatic nitrogens is 1. The van der Waals surface area contributed by atoms with Gasteiger partial charge in [-0.05, 0) is 37.0 Å². The summed E-state index contributed by atoms with van der Waals surface area (Å²) in [5.41, 5.74) is 2.24. The maximum absolute atomic E-state index is 12.3. The van der Waals surface area contributed by atoms with E-state index in [1.165, 1.54) is 0 Å². The zero-order chi connectivity index (χ0) is 16.8. The van der Waals surface area contributed by atoms with Crippen LogP contribution in [0.1, 0.15) is 34.8 Å². The molecule has 5 nitrogen and oxygen atoms in total. The van der Waals surface area contributed by atoms with Gasteiger partial charge < -0.3 is 5.32 Å². The van der Waals surface area contributed by atoms with Crippen molar-refractivity contribution >= 4 is 34.7 Å². The second kappa shape index (κ2) is 5.36. The van der Waals surface area contributed by atoms with Crippen LogP contribution in [0.25, 0.3) is 4.85 Å². The Hall–Kier alpha value is -2.84. The fourth-order valence-corrected chi connectivity index (χ4v) is 3.09. The second-order valence-corrected chi connectivity index (χ2v) is 6.24. The number of amides is 1. The molecule has 1 aliphatic carbocycles. The summed E-state index contributed by atoms with van der Waals surface area (Å²) in [6, 6.07) is 8.93. The molecule has 4 rings (SSSR count). The monoisotopic (exact) mass is 336 g/mol. The van der Waals surface area contributed by atoms with E-state index >= 15 is 0 Å². The SMILES string of the molecule is [C-]#[N+]c1cc2c(nc1C1CC1)N(c1ccccc1Cl)C(=C)NC2=O. The lowest BCUT2D eigenvalue weighted by Crippen LogP contribution is -2.39. The normalized spacial score (nSPS) is 16.4. The Morgan fingerprint density at radius 3 is 2.79 bits per heavy atom. The van der Waals surface area contributed by atoms with E-state index < -0.39 is 0 Å². The molecule has 2 heterocycles. The fourth-order valence-electron chi connectivity index (χ4n) is 2.87. The number of carbonyl (C=O) groups is 1. The predicted molar refractivity (Wildman–Crippen MR) is 92.7 cm³/mol. The number of rotatable bonds is 2. The van der Waals surface area contributed by atoms with Crippen molar-refractivity contribution in [1.29, 1.82) is 0 Å². The van der Waals surface area contributed by atoms with E-state index in [-0.39, 0.29) is 5.91 Å². The molecule has 1 fully saturated rings. The minimum atomic E-state index is -0.307. The summed E-state index contributed by atoms with van der Waals surface area (Å²) in [7, 11) is 0. The molecular weight excluding hydrogens is 324 g/mol. The minimum Gasteiger partial charge on any atom is -0.308 e. The number of para-hydroxylation sites is 1. The topological polar surface area (TPSA) is 49.6 Å². The molecule has 1 aliphatic heterocycles. The lowest BCUT2D eigenvalue weighted by Gasteiger charge is -2.32. The Balaban J connectivity index is 1.96. The van der Waals surface area contributed by atoms with Crippen LogP contribution < -0.4 is 10.2 Å². The van der Waals surface area contributed by atoms with E-state index in [0.29, 0.717) is 39.5 Å². The number of hydrogen-bond acceptors (Lipinski definition) is 3. The summed E-state index contributed by atoms with van der Waals surface area (Å²) in [5.74, 6) is 0.861. The molecule has 1 aromatic carbocycles. The molecule has 2 aromatic rings. The van der Waals surface area contributed by atoms with Crippen LogP contribution in [0.4, 0.5) is 17.2 Å². The van der Waals surface area contributed by atoms with Crippen LogP contribution in [0.5, 0.6) is 0 Å². The third-order valence-corrected chi connectivity index (χ3v) is 4.49. The summed E-state index contributed by atoms with van der Waals surface area (Å²) in [6.45, 7) is 11.3. The van der Waals surface area contributed by atoms with Gasteiger partial charge in [0.25, 0.3) is 5.91 Å². The number of fused-ring (bicyclic) bond motifs is 1. The molecule has 24 heavy (non-hydrogen) atoms. The van der Waals surface area contributed by atoms with E-state index in [1.807, 2.05) is 18.2 Å². The van der Waals surface area contributed by atoms with Gasteiger partial charge in [0.15, 0.2) is 0 Å². The number of carbonyl (C=O) groups excluding carboxylic acids is 1. The molecule has 1 aromatic heterocycles. The van der Waals surface area contributed by atoms with Gasteiger partial charge in [-0.15, -0.1) is 0 Å². The molecule has 2 aliphatic rings. The third-order valence-electron chi connectivity index (χ3n) is 4.17. The van der Waals surface area contributed by atoms with E-state index in [9.17, 15) is 4.79 Å². The van der Waals surface area contributed by atoms with Gasteiger partial charge in [-0.1, -0.05) is 30.3 Å². The van der Waals surface area contributed by atoms with Crippen molar-refractivity contribution < 1.29 is 4.79 Å². The number of halogens is 1. The van der Waals surface area contributed by atoms with Gasteiger partial charge >= 0.3 is 0 Å². The average Bonchev–Trinajstić information content (AvgIpc) is 3.40. The molecule has 0 spiro atoms. The molecule has 0 unspecified atom stereocenters. The van der Waals surface area contributed by atoms with Crippen molar-refractivity contribution in [3.05, 3.63) is 70.4 Å². The van der Waals surface area contributed by atoms with Gasteiger partial charge in [0.2, 0.25) is 5.69 Å². The Morgan fingerprint density at radius 1 is 1.38 bits per heavy atom. The first-order valence-corrected chi connectivity index (χ1v) is 7.95. The van der Waals surface area contributed by atoms with Crippen molar-refractivity contribution in [2.24, 2.45) is 0 Å². The second-order valence-electron chi connectivity index (χ2n) is 5.84. The van der Waals surface area contributed by atoms with Crippen LogP contribution in [0.15, 0.2) is 42.7 Å². The lowest BCUT2D eigenvalue weighted by atomic mass is 10.1. The van der Waals surface area contributed by atoms with Crippen LogP contribution in [-0.2, 0) is 0 Å². The standard InChI is InChI=1S/C18H13ClN4O/c1-10-21-18(24)12-9-14(20-2)16(11-7-8-11)22-17(12)23(10)15-6-4-3-5-13(15)19/h3-6,9,11H,1,7-8H2,(H,21,24). The molecule has 118 valence electrons. The summed E-state index contributed by atoms with van der Waals surface area (Å²) in [4.78, 5) is 22.3. The largest absolute Gasteiger partial charge is 0.308 e. The highest BCUT2D eigenvalue weighted by Crippen LogP contribution is 2.46. The number of benzene rings is 1. The molecule has 6 heteroatoms. The lowest BCUT2D eigenvalue weighted by molar-refractivity contribution is 0.0961. The van der Waals surface area contributed by atoms with Gasteiger partial charge in [0.05, 0.1) is 28.5 Å². The first kappa shape index (κ1) is 14.7. The fraction of sp³-hybridized carbons (Fsp3) is 0.167. The number of nitrogens with zero attached hydrogens (tertiary/aromatic N) is 3. The molecule has 1 amide bonds. The maximum atomic E-state index is 12.3. The number of nitrogens with one attached hydrogen (secondary N) is 1. The minimum absolute atomic E-state index is 0.297. The molecule has 0 radical (unpaired) electrons. The number of pyridine rings is 1. The van der Waals surface area contributed by atoms with E-state index in [0.717, 1.165) is 18.5 Å². The van der Waals surface area contributed by atoms with Gasteiger partial charge in [0.1, 0.15) is 11.6 Å². The first-order valence-electron chi connectivity index (χ1n) is 7.57. The molecular formula is C18H13ClN4O. The number of hydrogen-bond donors (Lipinski definition) is 1. The number of anilines is 2. The zero-order valence-corrected chi connectivity index (χ0v) is 13.5. The van der Waals surface area contributed by atoms with Gasteiger partial charge in [0, 0.05) is 0 Å². The van der Waals surface area contributed by atoms with E-state index in [4.69, 9.17) is 18.2 Å². The Labute approximate surface area is 144 Å². The summed E-state index contributed by atoms with van der Waals surface area (Å²) in [5, 5.41) is 3.25. The quantitative estimate of drug-likeness (QED) is 0.820. The molecule has 1 saturated carbocycles. The molecule has 1 N–H and O–H groups in total. The van der Waals surface area contributed by atoms with Crippen molar-refractivity contribution in [1.82, 2.24) is 10.3 Å². The van der Waals surface area contributed by atoms with E-state index in [2.05, 4.69) is 21.7 Å². The summed E-state index contributed by atoms with van der Waals surface area (Å²) in [6.07, 6.45) is 2.04. The molecule has 0 atom stereocenters. The Kier molecular flexibility index (Phi) is 3.29. The van der Waals surface area contributed by atoms with Gasteiger partial charge in [-0.3, -0.25) is 9.69 Å². The Bertz CT molecular complexity index is 927. The van der Waals surface area contributed by atoms with Gasteiger partial charge in [-0.25, -0.2) is 9.83 Å². The summed E-state index contributed by atoms with van der Waals surface area (Å²) < 4.78 is 0. The van der Waals surface area contributed by atoms with Gasteiger partial charge in [-0.2, -0.15) is 0 Å². The Morgan fingerprint density at radius 2 is 2.12 bits per heavy atom. The molecule has 0 saturated heterocycles. The third kappa shape index (κ3) is 2.24. The van der Waals surface area contributed by atoms with E-state index in [1.54, 1.807) is 17.0 Å². The highest BCUT2D eigenvalue weighted by molar-refractivity contribution is 6.33. The highest BCUT2D eigenvalue weighted by atomic mass is 35.5. The molecule has 0 bridgehead atoms. The van der Waals surface area contributed by atoms with Crippen molar-refractivity contribution in [3.8, 4) is 0 Å². The van der Waals surface area contributed by atoms with Crippen molar-refractivity contribution in [3.63, 3.8) is 0 Å².